The number of aldehydes is 6. The van der Waals surface area contributed by atoms with Gasteiger partial charge in [-0.05, 0) is 0 Å². The van der Waals surface area contributed by atoms with E-state index in [1.807, 2.05) is 0 Å². The minimum Gasteiger partial charge on any atom is -0.394 e. The third-order valence-electron chi connectivity index (χ3n) is 9.91. The summed E-state index contributed by atoms with van der Waals surface area (Å²) in [7, 11) is 0. The summed E-state index contributed by atoms with van der Waals surface area (Å²) < 4.78 is 0. The molecule has 0 aromatic carbocycles. The Morgan fingerprint density at radius 3 is 0.429 bits per heavy atom. The molecule has 504 valence electrons. The smallest absolute Gasteiger partial charge is 0.189 e. The van der Waals surface area contributed by atoms with Gasteiger partial charge in [-0.15, -0.1) is 0 Å². The predicted octanol–water partition coefficient (Wildman–Crippen LogP) is -23.7. The molecular weight excluding hydrogens is 1180 g/mol. The molecule has 0 radical (unpaired) electrons. The zero-order valence-electron chi connectivity index (χ0n) is 43.7. The number of carbonyl (C=O) groups excluding carboxylic acids is 7. The van der Waals surface area contributed by atoms with Gasteiger partial charge in [0, 0.05) is 0 Å². The molecule has 0 aliphatic heterocycles. The molecule has 0 heterocycles. The maximum absolute atomic E-state index is 10.5. The van der Waals surface area contributed by atoms with Crippen LogP contribution in [-0.4, -0.2) is 440 Å². The average Bonchev–Trinajstić information content (AvgIpc) is 3.53. The molecule has 27 atom stereocenters. The van der Waals surface area contributed by atoms with Gasteiger partial charge >= 0.3 is 0 Å². The van der Waals surface area contributed by atoms with E-state index in [9.17, 15) is 33.6 Å². The summed E-state index contributed by atoms with van der Waals surface area (Å²) in [5, 5.41) is 304. The number of aliphatic hydroxyl groups is 35. The monoisotopic (exact) mass is 1260 g/mol. The highest BCUT2D eigenvalue weighted by Gasteiger charge is 2.34. The fraction of sp³-hybridized carbons (Fsp3) is 0.833. The van der Waals surface area contributed by atoms with E-state index in [4.69, 9.17) is 179 Å². The predicted molar refractivity (Wildman–Crippen MR) is 260 cm³/mol. The van der Waals surface area contributed by atoms with Crippen molar-refractivity contribution in [3.8, 4) is 0 Å². The maximum Gasteiger partial charge on any atom is 0.189 e. The highest BCUT2D eigenvalue weighted by atomic mass is 16.4. The van der Waals surface area contributed by atoms with E-state index in [0.717, 1.165) is 0 Å². The summed E-state index contributed by atoms with van der Waals surface area (Å²) in [6.45, 7) is -6.25. The van der Waals surface area contributed by atoms with Crippen molar-refractivity contribution in [1.29, 1.82) is 0 Å². The molecule has 0 rings (SSSR count). The van der Waals surface area contributed by atoms with Crippen molar-refractivity contribution < 1.29 is 212 Å². The van der Waals surface area contributed by atoms with Gasteiger partial charge in [0.1, 0.15) is 171 Å². The number of ketones is 1. The summed E-state index contributed by atoms with van der Waals surface area (Å²) in [4.78, 5) is 69.9. The standard InChI is InChI=1S/7C6H12O6/c7*7-1-3(9)5(11)6(12)4(10)2-8/h3,5-9,11-12H,1-2H2;6*1,3-6,8-12H,2H2/t3-,5-,6-;6*3-,4+,5+,6+/m1000000/s1. The van der Waals surface area contributed by atoms with Crippen molar-refractivity contribution >= 4 is 43.5 Å². The van der Waals surface area contributed by atoms with E-state index in [0.29, 0.717) is 0 Å². The number of hydrogen-bond donors (Lipinski definition) is 35. The van der Waals surface area contributed by atoms with E-state index in [2.05, 4.69) is 0 Å². The molecule has 35 N–H and O–H groups in total. The van der Waals surface area contributed by atoms with Crippen molar-refractivity contribution in [2.75, 3.05) is 52.9 Å². The van der Waals surface area contributed by atoms with Crippen LogP contribution in [0, 0.1) is 0 Å². The number of rotatable bonds is 35. The summed E-state index contributed by atoms with van der Waals surface area (Å²) in [6.07, 6.45) is -46.3. The highest BCUT2D eigenvalue weighted by molar-refractivity contribution is 5.84. The molecule has 0 fully saturated rings. The molecule has 42 heteroatoms. The maximum atomic E-state index is 10.5. The molecular formula is C42H84O42. The van der Waals surface area contributed by atoms with E-state index >= 15 is 0 Å². The van der Waals surface area contributed by atoms with Crippen LogP contribution < -0.4 is 0 Å². The molecule has 0 unspecified atom stereocenters. The van der Waals surface area contributed by atoms with Gasteiger partial charge in [-0.25, -0.2) is 0 Å². The van der Waals surface area contributed by atoms with Crippen LogP contribution in [0.1, 0.15) is 0 Å². The van der Waals surface area contributed by atoms with Gasteiger partial charge in [0.25, 0.3) is 0 Å². The number of carbonyl (C=O) groups is 7. The van der Waals surface area contributed by atoms with Gasteiger partial charge < -0.3 is 207 Å². The zero-order valence-corrected chi connectivity index (χ0v) is 43.7. The molecule has 0 aromatic heterocycles. The minimum absolute atomic E-state index is 0.0258. The van der Waals surface area contributed by atoms with Gasteiger partial charge in [0.15, 0.2) is 43.5 Å². The van der Waals surface area contributed by atoms with Gasteiger partial charge in [0.2, 0.25) is 0 Å². The topological polar surface area (TPSA) is 828 Å². The van der Waals surface area contributed by atoms with E-state index in [-0.39, 0.29) is 37.7 Å². The summed E-state index contributed by atoms with van der Waals surface area (Å²) >= 11 is 0. The summed E-state index contributed by atoms with van der Waals surface area (Å²) in [6, 6.07) is 0. The SMILES string of the molecule is O=C(CO)[C@@H](O)[C@H](O)[C@H](O)CO.O=C[C@H](O)[C@@H](O)[C@H](O)[C@H](O)CO.O=C[C@H](O)[C@@H](O)[C@H](O)[C@H](O)CO.O=C[C@H](O)[C@@H](O)[C@H](O)[C@H](O)CO.O=C[C@H](O)[C@@H](O)[C@H](O)[C@H](O)CO.O=C[C@H](O)[C@@H](O)[C@H](O)[C@H](O)CO.O=C[C@H](O)[C@@H](O)[C@H](O)[C@H](O)CO. The number of aliphatic hydroxyl groups excluding tert-OH is 35. The van der Waals surface area contributed by atoms with Gasteiger partial charge in [-0.2, -0.15) is 0 Å². The van der Waals surface area contributed by atoms with Crippen molar-refractivity contribution in [2.45, 2.75) is 165 Å². The van der Waals surface area contributed by atoms with E-state index in [1.165, 1.54) is 0 Å². The molecule has 0 spiro atoms. The van der Waals surface area contributed by atoms with Crippen LogP contribution in [0.15, 0.2) is 0 Å². The third kappa shape index (κ3) is 39.9. The van der Waals surface area contributed by atoms with Crippen LogP contribution in [0.25, 0.3) is 0 Å². The van der Waals surface area contributed by atoms with E-state index in [1.54, 1.807) is 0 Å². The van der Waals surface area contributed by atoms with Crippen molar-refractivity contribution in [2.24, 2.45) is 0 Å². The second-order valence-corrected chi connectivity index (χ2v) is 16.5. The number of hydrogen-bond acceptors (Lipinski definition) is 42. The Kier molecular flexibility index (Phi) is 61.2. The summed E-state index contributed by atoms with van der Waals surface area (Å²) in [5.74, 6) is -1.00. The lowest BCUT2D eigenvalue weighted by atomic mass is 10.0. The Bertz CT molecular complexity index is 1360. The Morgan fingerprint density at radius 1 is 0.214 bits per heavy atom. The Balaban J connectivity index is -0.000000165. The highest BCUT2D eigenvalue weighted by Crippen LogP contribution is 2.08. The first-order valence-corrected chi connectivity index (χ1v) is 23.3. The molecule has 0 aromatic rings. The lowest BCUT2D eigenvalue weighted by molar-refractivity contribution is -0.142. The largest absolute Gasteiger partial charge is 0.394 e. The van der Waals surface area contributed by atoms with Crippen molar-refractivity contribution in [1.82, 2.24) is 0 Å². The lowest BCUT2D eigenvalue weighted by Crippen LogP contribution is -2.46. The normalized spacial score (nSPS) is 20.7. The average molecular weight is 1260 g/mol. The second-order valence-electron chi connectivity index (χ2n) is 16.5. The van der Waals surface area contributed by atoms with Crippen LogP contribution >= 0.6 is 0 Å². The minimum atomic E-state index is -1.86. The Labute approximate surface area is 473 Å². The molecule has 0 saturated heterocycles. The summed E-state index contributed by atoms with van der Waals surface area (Å²) in [5.41, 5.74) is 0. The zero-order chi connectivity index (χ0) is 68.1. The second kappa shape index (κ2) is 54.7. The number of Topliss-reactive ketones (excluding diaryl/α,β-unsaturated/α-hetero) is 1. The fourth-order valence-corrected chi connectivity index (χ4v) is 4.31. The molecule has 0 aliphatic carbocycles. The molecule has 0 bridgehead atoms. The van der Waals surface area contributed by atoms with Crippen molar-refractivity contribution in [3.05, 3.63) is 0 Å². The first-order chi connectivity index (χ1) is 38.8. The van der Waals surface area contributed by atoms with Crippen LogP contribution in [0.4, 0.5) is 0 Å². The quantitative estimate of drug-likeness (QED) is 0.0262. The van der Waals surface area contributed by atoms with Crippen LogP contribution in [0.3, 0.4) is 0 Å². The first-order valence-electron chi connectivity index (χ1n) is 23.3. The molecule has 0 aliphatic rings. The van der Waals surface area contributed by atoms with Crippen LogP contribution in [0.2, 0.25) is 0 Å². The fourth-order valence-electron chi connectivity index (χ4n) is 4.31. The third-order valence-corrected chi connectivity index (χ3v) is 9.91. The van der Waals surface area contributed by atoms with Crippen molar-refractivity contribution in [3.63, 3.8) is 0 Å². The molecule has 42 nitrogen and oxygen atoms in total. The van der Waals surface area contributed by atoms with Crippen LogP contribution in [0.5, 0.6) is 0 Å². The van der Waals surface area contributed by atoms with Gasteiger partial charge in [-0.3, -0.25) is 4.79 Å². The Morgan fingerprint density at radius 2 is 0.333 bits per heavy atom. The van der Waals surface area contributed by atoms with Crippen LogP contribution in [-0.2, 0) is 33.6 Å². The van der Waals surface area contributed by atoms with Gasteiger partial charge in [0.05, 0.1) is 46.2 Å². The van der Waals surface area contributed by atoms with Gasteiger partial charge in [-0.1, -0.05) is 0 Å². The first kappa shape index (κ1) is 94.0. The Hall–Kier alpha value is -3.71. The molecule has 84 heavy (non-hydrogen) atoms. The molecule has 0 saturated carbocycles. The lowest BCUT2D eigenvalue weighted by Gasteiger charge is -2.22. The van der Waals surface area contributed by atoms with E-state index < -0.39 is 223 Å². The molecule has 0 amide bonds.